The molecule has 2 heterocycles. The Bertz CT molecular complexity index is 1240. The zero-order valence-corrected chi connectivity index (χ0v) is 19.0. The Morgan fingerprint density at radius 2 is 1.91 bits per heavy atom. The van der Waals surface area contributed by atoms with Crippen LogP contribution in [0.15, 0.2) is 54.9 Å². The van der Waals surface area contributed by atoms with Crippen LogP contribution in [0.1, 0.15) is 30.6 Å². The molecule has 10 heteroatoms. The summed E-state index contributed by atoms with van der Waals surface area (Å²) in [4.78, 5) is 20.9. The van der Waals surface area contributed by atoms with Crippen molar-refractivity contribution in [2.75, 3.05) is 0 Å². The number of carbonyl (C=O) groups is 1. The smallest absolute Gasteiger partial charge is 0.410 e. The van der Waals surface area contributed by atoms with Crippen LogP contribution < -0.4 is 10.1 Å². The molecular weight excluding hydrogens is 442 g/mol. The molecule has 0 fully saturated rings. The molecular formula is C23H22ClN7O2. The Morgan fingerprint density at radius 3 is 2.64 bits per heavy atom. The van der Waals surface area contributed by atoms with Gasteiger partial charge in [0.05, 0.1) is 29.8 Å². The highest BCUT2D eigenvalue weighted by atomic mass is 35.5. The Morgan fingerprint density at radius 1 is 1.09 bits per heavy atom. The van der Waals surface area contributed by atoms with Gasteiger partial charge < -0.3 is 10.1 Å². The van der Waals surface area contributed by atoms with Crippen molar-refractivity contribution in [1.82, 2.24) is 35.5 Å². The number of aryl methyl sites for hydroxylation is 2. The van der Waals surface area contributed by atoms with Gasteiger partial charge in [0.15, 0.2) is 5.82 Å². The average molecular weight is 464 g/mol. The molecule has 33 heavy (non-hydrogen) atoms. The second-order valence-electron chi connectivity index (χ2n) is 7.37. The van der Waals surface area contributed by atoms with E-state index >= 15 is 0 Å². The largest absolute Gasteiger partial charge is 0.412 e. The fourth-order valence-electron chi connectivity index (χ4n) is 3.18. The summed E-state index contributed by atoms with van der Waals surface area (Å²) in [6, 6.07) is 12.8. The summed E-state index contributed by atoms with van der Waals surface area (Å²) in [5.74, 6) is 1.07. The molecule has 0 spiro atoms. The lowest BCUT2D eigenvalue weighted by molar-refractivity contribution is 0.200. The first-order valence-electron chi connectivity index (χ1n) is 10.4. The average Bonchev–Trinajstić information content (AvgIpc) is 3.28. The van der Waals surface area contributed by atoms with Crippen LogP contribution in [0.25, 0.3) is 16.8 Å². The van der Waals surface area contributed by atoms with Crippen LogP contribution in [-0.2, 0) is 13.0 Å². The van der Waals surface area contributed by atoms with Gasteiger partial charge in [0.1, 0.15) is 5.75 Å². The Labute approximate surface area is 195 Å². The van der Waals surface area contributed by atoms with Gasteiger partial charge in [0, 0.05) is 23.7 Å². The number of nitrogens with one attached hydrogen (secondary N) is 1. The monoisotopic (exact) mass is 463 g/mol. The van der Waals surface area contributed by atoms with Crippen LogP contribution in [0.2, 0.25) is 5.02 Å². The van der Waals surface area contributed by atoms with E-state index in [4.69, 9.17) is 16.3 Å². The summed E-state index contributed by atoms with van der Waals surface area (Å²) >= 11 is 6.04. The Balaban J connectivity index is 1.61. The van der Waals surface area contributed by atoms with Crippen LogP contribution in [0.4, 0.5) is 4.79 Å². The molecule has 0 bridgehead atoms. The third-order valence-corrected chi connectivity index (χ3v) is 5.03. The minimum Gasteiger partial charge on any atom is -0.410 e. The topological polar surface area (TPSA) is 108 Å². The number of carbonyl (C=O) groups excluding carboxylic acids is 1. The number of ether oxygens (including phenoxy) is 1. The second kappa shape index (κ2) is 10.2. The number of hydrogen-bond donors (Lipinski definition) is 1. The third kappa shape index (κ3) is 5.69. The molecule has 4 aromatic rings. The van der Waals surface area contributed by atoms with Gasteiger partial charge in [-0.2, -0.15) is 4.68 Å². The summed E-state index contributed by atoms with van der Waals surface area (Å²) in [7, 11) is 0. The van der Waals surface area contributed by atoms with E-state index in [1.54, 1.807) is 41.3 Å². The molecule has 0 aliphatic rings. The summed E-state index contributed by atoms with van der Waals surface area (Å²) in [5, 5.41) is 15.4. The molecule has 0 aliphatic heterocycles. The van der Waals surface area contributed by atoms with Crippen LogP contribution in [0, 0.1) is 6.92 Å². The minimum atomic E-state index is -0.609. The van der Waals surface area contributed by atoms with E-state index in [1.165, 1.54) is 0 Å². The van der Waals surface area contributed by atoms with E-state index in [1.807, 2.05) is 25.1 Å². The van der Waals surface area contributed by atoms with Gasteiger partial charge in [-0.15, -0.1) is 5.10 Å². The molecule has 0 radical (unpaired) electrons. The van der Waals surface area contributed by atoms with Crippen LogP contribution >= 0.6 is 11.6 Å². The molecule has 0 aliphatic carbocycles. The van der Waals surface area contributed by atoms with E-state index in [0.29, 0.717) is 28.6 Å². The zero-order valence-electron chi connectivity index (χ0n) is 18.2. The maximum atomic E-state index is 12.5. The van der Waals surface area contributed by atoms with Crippen molar-refractivity contribution >= 4 is 17.7 Å². The van der Waals surface area contributed by atoms with Gasteiger partial charge in [0.25, 0.3) is 0 Å². The third-order valence-electron chi connectivity index (χ3n) is 4.78. The van der Waals surface area contributed by atoms with Crippen molar-refractivity contribution in [1.29, 1.82) is 0 Å². The van der Waals surface area contributed by atoms with Crippen molar-refractivity contribution in [3.63, 3.8) is 0 Å². The van der Waals surface area contributed by atoms with E-state index in [-0.39, 0.29) is 6.54 Å². The summed E-state index contributed by atoms with van der Waals surface area (Å²) < 4.78 is 7.23. The second-order valence-corrected chi connectivity index (χ2v) is 7.81. The summed E-state index contributed by atoms with van der Waals surface area (Å²) in [6.45, 7) is 4.10. The van der Waals surface area contributed by atoms with E-state index in [2.05, 4.69) is 37.7 Å². The number of hydrogen-bond acceptors (Lipinski definition) is 7. The maximum absolute atomic E-state index is 12.5. The highest BCUT2D eigenvalue weighted by molar-refractivity contribution is 6.30. The Kier molecular flexibility index (Phi) is 6.89. The van der Waals surface area contributed by atoms with Crippen molar-refractivity contribution in [2.45, 2.75) is 33.2 Å². The predicted molar refractivity (Wildman–Crippen MR) is 123 cm³/mol. The number of tetrazole rings is 1. The highest BCUT2D eigenvalue weighted by Gasteiger charge is 2.14. The molecule has 2 aromatic heterocycles. The standard InChI is InChI=1S/C23H22ClN7O2/c1-3-4-22-28-29-30-31(22)20-9-17(16-5-7-18(24)8-6-16)10-21(11-20)33-23(32)27-14-19-13-25-15(2)12-26-19/h5-13H,3-4,14H2,1-2H3,(H,27,32). The lowest BCUT2D eigenvalue weighted by Crippen LogP contribution is -2.26. The fourth-order valence-corrected chi connectivity index (χ4v) is 3.30. The maximum Gasteiger partial charge on any atom is 0.412 e. The molecule has 168 valence electrons. The zero-order chi connectivity index (χ0) is 23.2. The van der Waals surface area contributed by atoms with Gasteiger partial charge in [0.2, 0.25) is 0 Å². The first-order chi connectivity index (χ1) is 16.0. The number of halogens is 1. The molecule has 0 unspecified atom stereocenters. The lowest BCUT2D eigenvalue weighted by Gasteiger charge is -2.12. The summed E-state index contributed by atoms with van der Waals surface area (Å²) in [5.41, 5.74) is 3.85. The van der Waals surface area contributed by atoms with E-state index < -0.39 is 6.09 Å². The van der Waals surface area contributed by atoms with Crippen LogP contribution in [0.3, 0.4) is 0 Å². The number of amides is 1. The Hall–Kier alpha value is -3.85. The molecule has 1 N–H and O–H groups in total. The molecule has 0 saturated heterocycles. The van der Waals surface area contributed by atoms with Gasteiger partial charge in [-0.3, -0.25) is 9.97 Å². The first kappa shape index (κ1) is 22.3. The van der Waals surface area contributed by atoms with E-state index in [0.717, 1.165) is 29.1 Å². The fraction of sp³-hybridized carbons (Fsp3) is 0.217. The minimum absolute atomic E-state index is 0.198. The number of aromatic nitrogens is 6. The predicted octanol–water partition coefficient (Wildman–Crippen LogP) is 4.32. The van der Waals surface area contributed by atoms with Gasteiger partial charge in [-0.1, -0.05) is 30.7 Å². The molecule has 0 saturated carbocycles. The first-order valence-corrected chi connectivity index (χ1v) is 10.8. The van der Waals surface area contributed by atoms with Crippen LogP contribution in [0.5, 0.6) is 5.75 Å². The normalized spacial score (nSPS) is 10.8. The molecule has 1 amide bonds. The van der Waals surface area contributed by atoms with Crippen molar-refractivity contribution in [3.8, 4) is 22.6 Å². The molecule has 2 aromatic carbocycles. The van der Waals surface area contributed by atoms with Crippen molar-refractivity contribution in [3.05, 3.63) is 77.1 Å². The molecule has 9 nitrogen and oxygen atoms in total. The number of benzene rings is 2. The number of rotatable bonds is 7. The lowest BCUT2D eigenvalue weighted by atomic mass is 10.0. The van der Waals surface area contributed by atoms with Crippen LogP contribution in [-0.4, -0.2) is 36.3 Å². The van der Waals surface area contributed by atoms with Crippen molar-refractivity contribution < 1.29 is 9.53 Å². The van der Waals surface area contributed by atoms with E-state index in [9.17, 15) is 4.79 Å². The summed E-state index contributed by atoms with van der Waals surface area (Å²) in [6.07, 6.45) is 4.26. The van der Waals surface area contributed by atoms with Crippen molar-refractivity contribution in [2.24, 2.45) is 0 Å². The highest BCUT2D eigenvalue weighted by Crippen LogP contribution is 2.29. The quantitative estimate of drug-likeness (QED) is 0.434. The molecule has 0 atom stereocenters. The van der Waals surface area contributed by atoms with Gasteiger partial charge >= 0.3 is 6.09 Å². The molecule has 4 rings (SSSR count). The van der Waals surface area contributed by atoms with Gasteiger partial charge in [-0.25, -0.2) is 4.79 Å². The SMILES string of the molecule is CCCc1nnnn1-c1cc(OC(=O)NCc2cnc(C)cn2)cc(-c2ccc(Cl)cc2)c1. The number of nitrogens with zero attached hydrogens (tertiary/aromatic N) is 6. The van der Waals surface area contributed by atoms with Gasteiger partial charge in [-0.05, 0) is 59.2 Å².